The number of hydrogen-bond acceptors (Lipinski definition) is 4. The number of amides is 1. The second kappa shape index (κ2) is 4.22. The molecule has 0 unspecified atom stereocenters. The molecule has 2 rings (SSSR count). The van der Waals surface area contributed by atoms with Crippen molar-refractivity contribution in [2.24, 2.45) is 0 Å². The number of aryl methyl sites for hydroxylation is 1. The average molecular weight is 235 g/mol. The Morgan fingerprint density at radius 1 is 1.62 bits per heavy atom. The summed E-state index contributed by atoms with van der Waals surface area (Å²) in [5.74, 6) is -0.229. The summed E-state index contributed by atoms with van der Waals surface area (Å²) in [6.07, 6.45) is 3.50. The van der Waals surface area contributed by atoms with Crippen LogP contribution in [0.3, 0.4) is 0 Å². The molecule has 0 saturated heterocycles. The number of nitrogens with zero attached hydrogens (tertiary/aromatic N) is 2. The Morgan fingerprint density at radius 3 is 2.81 bits per heavy atom. The van der Waals surface area contributed by atoms with Gasteiger partial charge in [0, 0.05) is 5.38 Å². The summed E-state index contributed by atoms with van der Waals surface area (Å²) in [5.41, 5.74) is -0.238. The molecular formula is C11H13N3OS. The number of nitrogens with one attached hydrogen (secondary N) is 1. The van der Waals surface area contributed by atoms with Crippen LogP contribution in [-0.2, 0) is 0 Å². The van der Waals surface area contributed by atoms with E-state index in [-0.39, 0.29) is 5.91 Å². The Labute approximate surface area is 98.3 Å². The van der Waals surface area contributed by atoms with E-state index in [9.17, 15) is 4.79 Å². The number of carbonyl (C=O) groups is 1. The minimum absolute atomic E-state index is 0.229. The molecule has 1 aromatic heterocycles. The minimum Gasteiger partial charge on any atom is -0.332 e. The molecular weight excluding hydrogens is 222 g/mol. The molecule has 0 aromatic carbocycles. The van der Waals surface area contributed by atoms with Crippen LogP contribution in [0.4, 0.5) is 0 Å². The third-order valence-corrected chi connectivity index (χ3v) is 3.65. The highest BCUT2D eigenvalue weighted by molar-refractivity contribution is 7.09. The van der Waals surface area contributed by atoms with Crippen LogP contribution in [0.1, 0.15) is 41.2 Å². The van der Waals surface area contributed by atoms with Crippen molar-refractivity contribution in [3.63, 3.8) is 0 Å². The number of hydrogen-bond donors (Lipinski definition) is 1. The van der Waals surface area contributed by atoms with Crippen LogP contribution in [0.5, 0.6) is 0 Å². The molecule has 0 aliphatic heterocycles. The van der Waals surface area contributed by atoms with Crippen molar-refractivity contribution in [1.82, 2.24) is 10.3 Å². The molecule has 1 amide bonds. The summed E-state index contributed by atoms with van der Waals surface area (Å²) in [4.78, 5) is 16.0. The normalized spacial score (nSPS) is 18.0. The van der Waals surface area contributed by atoms with Crippen molar-refractivity contribution in [2.75, 3.05) is 0 Å². The fraction of sp³-hybridized carbons (Fsp3) is 0.545. The van der Waals surface area contributed by atoms with Crippen LogP contribution in [0, 0.1) is 18.3 Å². The summed E-state index contributed by atoms with van der Waals surface area (Å²) >= 11 is 1.44. The topological polar surface area (TPSA) is 65.8 Å². The van der Waals surface area contributed by atoms with Gasteiger partial charge in [-0.05, 0) is 32.6 Å². The van der Waals surface area contributed by atoms with Gasteiger partial charge in [-0.2, -0.15) is 5.26 Å². The quantitative estimate of drug-likeness (QED) is 0.852. The highest BCUT2D eigenvalue weighted by Crippen LogP contribution is 2.29. The van der Waals surface area contributed by atoms with Gasteiger partial charge < -0.3 is 5.32 Å². The van der Waals surface area contributed by atoms with E-state index in [0.717, 1.165) is 30.7 Å². The number of nitriles is 1. The van der Waals surface area contributed by atoms with Gasteiger partial charge in [-0.1, -0.05) is 0 Å². The molecule has 1 N–H and O–H groups in total. The van der Waals surface area contributed by atoms with E-state index in [2.05, 4.69) is 16.4 Å². The highest BCUT2D eigenvalue weighted by atomic mass is 32.1. The monoisotopic (exact) mass is 235 g/mol. The van der Waals surface area contributed by atoms with Gasteiger partial charge in [0.2, 0.25) is 0 Å². The lowest BCUT2D eigenvalue weighted by atomic mass is 10.00. The van der Waals surface area contributed by atoms with E-state index in [1.165, 1.54) is 11.3 Å². The SMILES string of the molecule is Cc1nc(C(=O)NC2(C#N)CCCC2)cs1. The van der Waals surface area contributed by atoms with Crippen molar-refractivity contribution in [3.8, 4) is 6.07 Å². The van der Waals surface area contributed by atoms with Gasteiger partial charge in [-0.15, -0.1) is 11.3 Å². The molecule has 0 bridgehead atoms. The van der Waals surface area contributed by atoms with E-state index in [4.69, 9.17) is 5.26 Å². The summed E-state index contributed by atoms with van der Waals surface area (Å²) in [5, 5.41) is 14.5. The van der Waals surface area contributed by atoms with Crippen molar-refractivity contribution >= 4 is 17.2 Å². The van der Waals surface area contributed by atoms with Gasteiger partial charge in [0.1, 0.15) is 11.2 Å². The Morgan fingerprint density at radius 2 is 2.31 bits per heavy atom. The van der Waals surface area contributed by atoms with E-state index in [0.29, 0.717) is 5.69 Å². The Kier molecular flexibility index (Phi) is 2.92. The first kappa shape index (κ1) is 11.1. The molecule has 1 aliphatic carbocycles. The molecule has 1 fully saturated rings. The Hall–Kier alpha value is -1.41. The second-order valence-corrected chi connectivity index (χ2v) is 5.17. The number of rotatable bonds is 2. The van der Waals surface area contributed by atoms with Crippen LogP contribution in [0.25, 0.3) is 0 Å². The van der Waals surface area contributed by atoms with Gasteiger partial charge >= 0.3 is 0 Å². The maximum absolute atomic E-state index is 11.9. The van der Waals surface area contributed by atoms with Gasteiger partial charge in [-0.25, -0.2) is 4.98 Å². The molecule has 0 spiro atoms. The third kappa shape index (κ3) is 2.07. The first-order valence-electron chi connectivity index (χ1n) is 5.31. The standard InChI is InChI=1S/C11H13N3OS/c1-8-13-9(6-16-8)10(15)14-11(7-12)4-2-3-5-11/h6H,2-5H2,1H3,(H,14,15). The number of thiazole rings is 1. The molecule has 84 valence electrons. The molecule has 0 atom stereocenters. The predicted molar refractivity (Wildman–Crippen MR) is 61.1 cm³/mol. The fourth-order valence-electron chi connectivity index (χ4n) is 1.99. The fourth-order valence-corrected chi connectivity index (χ4v) is 2.59. The van der Waals surface area contributed by atoms with Gasteiger partial charge in [0.05, 0.1) is 11.1 Å². The lowest BCUT2D eigenvalue weighted by Gasteiger charge is -2.21. The maximum Gasteiger partial charge on any atom is 0.272 e. The summed E-state index contributed by atoms with van der Waals surface area (Å²) in [7, 11) is 0. The minimum atomic E-state index is -0.658. The molecule has 1 heterocycles. The zero-order chi connectivity index (χ0) is 11.6. The zero-order valence-electron chi connectivity index (χ0n) is 9.12. The van der Waals surface area contributed by atoms with E-state index >= 15 is 0 Å². The third-order valence-electron chi connectivity index (χ3n) is 2.88. The van der Waals surface area contributed by atoms with Gasteiger partial charge in [0.15, 0.2) is 0 Å². The van der Waals surface area contributed by atoms with Crippen LogP contribution < -0.4 is 5.32 Å². The average Bonchev–Trinajstić information content (AvgIpc) is 2.88. The molecule has 16 heavy (non-hydrogen) atoms. The van der Waals surface area contributed by atoms with Crippen LogP contribution in [-0.4, -0.2) is 16.4 Å². The van der Waals surface area contributed by atoms with Crippen molar-refractivity contribution in [3.05, 3.63) is 16.1 Å². The Balaban J connectivity index is 2.10. The smallest absolute Gasteiger partial charge is 0.272 e. The van der Waals surface area contributed by atoms with Crippen molar-refractivity contribution < 1.29 is 4.79 Å². The van der Waals surface area contributed by atoms with Crippen LogP contribution >= 0.6 is 11.3 Å². The van der Waals surface area contributed by atoms with Gasteiger partial charge in [-0.3, -0.25) is 4.79 Å². The first-order chi connectivity index (χ1) is 7.65. The summed E-state index contributed by atoms with van der Waals surface area (Å²) in [6.45, 7) is 1.86. The molecule has 5 heteroatoms. The molecule has 1 aromatic rings. The van der Waals surface area contributed by atoms with Crippen LogP contribution in [0.15, 0.2) is 5.38 Å². The molecule has 0 radical (unpaired) electrons. The largest absolute Gasteiger partial charge is 0.332 e. The summed E-state index contributed by atoms with van der Waals surface area (Å²) < 4.78 is 0. The molecule has 1 aliphatic rings. The second-order valence-electron chi connectivity index (χ2n) is 4.11. The van der Waals surface area contributed by atoms with Crippen molar-refractivity contribution in [1.29, 1.82) is 5.26 Å². The van der Waals surface area contributed by atoms with E-state index in [1.807, 2.05) is 6.92 Å². The zero-order valence-corrected chi connectivity index (χ0v) is 9.93. The summed E-state index contributed by atoms with van der Waals surface area (Å²) in [6, 6.07) is 2.23. The maximum atomic E-state index is 11.9. The van der Waals surface area contributed by atoms with E-state index in [1.54, 1.807) is 5.38 Å². The predicted octanol–water partition coefficient (Wildman–Crippen LogP) is 2.02. The number of aromatic nitrogens is 1. The lowest BCUT2D eigenvalue weighted by Crippen LogP contribution is -2.45. The molecule has 1 saturated carbocycles. The molecule has 4 nitrogen and oxygen atoms in total. The van der Waals surface area contributed by atoms with Gasteiger partial charge in [0.25, 0.3) is 5.91 Å². The number of carbonyl (C=O) groups excluding carboxylic acids is 1. The first-order valence-corrected chi connectivity index (χ1v) is 6.19. The lowest BCUT2D eigenvalue weighted by molar-refractivity contribution is 0.0916. The van der Waals surface area contributed by atoms with Crippen molar-refractivity contribution in [2.45, 2.75) is 38.1 Å². The van der Waals surface area contributed by atoms with E-state index < -0.39 is 5.54 Å². The highest BCUT2D eigenvalue weighted by Gasteiger charge is 2.35. The van der Waals surface area contributed by atoms with Crippen LogP contribution in [0.2, 0.25) is 0 Å². The Bertz CT molecular complexity index is 440.